The molecule has 4 heterocycles. The van der Waals surface area contributed by atoms with Gasteiger partial charge in [-0.05, 0) is 13.3 Å². The fourth-order valence-electron chi connectivity index (χ4n) is 3.85. The van der Waals surface area contributed by atoms with E-state index in [1.807, 2.05) is 11.7 Å². The predicted molar refractivity (Wildman–Crippen MR) is 98.3 cm³/mol. The highest BCUT2D eigenvalue weighted by molar-refractivity contribution is 5.48. The smallest absolute Gasteiger partial charge is 0.224 e. The Balaban J connectivity index is 1.66. The van der Waals surface area contributed by atoms with E-state index in [0.717, 1.165) is 61.9 Å². The van der Waals surface area contributed by atoms with Gasteiger partial charge in [-0.15, -0.1) is 0 Å². The average molecular weight is 358 g/mol. The minimum atomic E-state index is -0.0284. The molecule has 0 unspecified atom stereocenters. The summed E-state index contributed by atoms with van der Waals surface area (Å²) in [6.45, 7) is 5.99. The lowest BCUT2D eigenvalue weighted by atomic mass is 10.0. The summed E-state index contributed by atoms with van der Waals surface area (Å²) < 4.78 is 7.54. The number of hydrogen-bond donors (Lipinski definition) is 2. The van der Waals surface area contributed by atoms with Crippen LogP contribution in [0.15, 0.2) is 6.07 Å². The van der Waals surface area contributed by atoms with E-state index >= 15 is 0 Å². The minimum Gasteiger partial charge on any atom is -0.390 e. The van der Waals surface area contributed by atoms with Crippen molar-refractivity contribution in [2.24, 2.45) is 0 Å². The van der Waals surface area contributed by atoms with Crippen LogP contribution < -0.4 is 10.2 Å². The van der Waals surface area contributed by atoms with Gasteiger partial charge in [0, 0.05) is 63.0 Å². The second-order valence-corrected chi connectivity index (χ2v) is 6.80. The lowest BCUT2D eigenvalue weighted by molar-refractivity contribution is 0.193. The molecule has 0 saturated carbocycles. The summed E-state index contributed by atoms with van der Waals surface area (Å²) in [4.78, 5) is 11.6. The van der Waals surface area contributed by atoms with Crippen molar-refractivity contribution >= 4 is 11.8 Å². The maximum atomic E-state index is 9.69. The molecule has 1 saturated heterocycles. The summed E-state index contributed by atoms with van der Waals surface area (Å²) in [5.74, 6) is 1.90. The Labute approximate surface area is 153 Å². The lowest BCUT2D eigenvalue weighted by Crippen LogP contribution is -2.32. The standard InChI is InChI=1S/C18H26N6O2/c1-3-24-16-4-6-23(9-13(16)15(10-25)22-24)17-8-14(12-5-7-26-11-12)20-18(19-2)21-17/h8,12,25H,3-7,9-11H2,1-2H3,(H,19,20,21)/t12-/m0/s1. The van der Waals surface area contributed by atoms with Crippen LogP contribution in [0.4, 0.5) is 11.8 Å². The molecule has 0 amide bonds. The molecular formula is C18H26N6O2. The maximum absolute atomic E-state index is 9.69. The number of aryl methyl sites for hydroxylation is 1. The first-order chi connectivity index (χ1) is 12.7. The van der Waals surface area contributed by atoms with Crippen molar-refractivity contribution in [3.8, 4) is 0 Å². The molecule has 0 aromatic carbocycles. The Hall–Kier alpha value is -2.19. The fourth-order valence-corrected chi connectivity index (χ4v) is 3.85. The van der Waals surface area contributed by atoms with Crippen LogP contribution >= 0.6 is 0 Å². The minimum absolute atomic E-state index is 0.0284. The number of aromatic nitrogens is 4. The molecule has 0 bridgehead atoms. The third-order valence-electron chi connectivity index (χ3n) is 5.29. The second kappa shape index (κ2) is 7.20. The fraction of sp³-hybridized carbons (Fsp3) is 0.611. The summed E-state index contributed by atoms with van der Waals surface area (Å²) in [6, 6.07) is 2.09. The van der Waals surface area contributed by atoms with Gasteiger partial charge in [-0.25, -0.2) is 4.98 Å². The van der Waals surface area contributed by atoms with Crippen molar-refractivity contribution in [3.63, 3.8) is 0 Å². The summed E-state index contributed by atoms with van der Waals surface area (Å²) in [7, 11) is 1.84. The molecule has 1 atom stereocenters. The predicted octanol–water partition coefficient (Wildman–Crippen LogP) is 1.29. The van der Waals surface area contributed by atoms with Gasteiger partial charge in [0.2, 0.25) is 5.95 Å². The van der Waals surface area contributed by atoms with Crippen LogP contribution in [0.25, 0.3) is 0 Å². The van der Waals surface area contributed by atoms with E-state index in [2.05, 4.69) is 38.3 Å². The number of hydrogen-bond acceptors (Lipinski definition) is 7. The van der Waals surface area contributed by atoms with Crippen molar-refractivity contribution in [2.75, 3.05) is 37.0 Å². The van der Waals surface area contributed by atoms with Gasteiger partial charge < -0.3 is 20.1 Å². The van der Waals surface area contributed by atoms with E-state index in [1.54, 1.807) is 0 Å². The topological polar surface area (TPSA) is 88.3 Å². The van der Waals surface area contributed by atoms with Crippen LogP contribution in [0.1, 0.15) is 41.9 Å². The number of rotatable bonds is 5. The molecular weight excluding hydrogens is 332 g/mol. The SMILES string of the molecule is CCn1nc(CO)c2c1CCN(c1cc([C@H]3CCOC3)nc(NC)n1)C2. The number of anilines is 2. The van der Waals surface area contributed by atoms with Crippen LogP contribution in [0, 0.1) is 0 Å². The molecule has 26 heavy (non-hydrogen) atoms. The van der Waals surface area contributed by atoms with Crippen molar-refractivity contribution in [2.45, 2.75) is 45.4 Å². The molecule has 0 spiro atoms. The van der Waals surface area contributed by atoms with Crippen molar-refractivity contribution in [1.29, 1.82) is 0 Å². The highest BCUT2D eigenvalue weighted by Crippen LogP contribution is 2.30. The summed E-state index contributed by atoms with van der Waals surface area (Å²) in [5, 5.41) is 17.3. The summed E-state index contributed by atoms with van der Waals surface area (Å²) in [6.07, 6.45) is 1.90. The average Bonchev–Trinajstić information content (AvgIpc) is 3.34. The Morgan fingerprint density at radius 1 is 1.38 bits per heavy atom. The van der Waals surface area contributed by atoms with Crippen LogP contribution in [0.5, 0.6) is 0 Å². The van der Waals surface area contributed by atoms with E-state index in [9.17, 15) is 5.11 Å². The van der Waals surface area contributed by atoms with Gasteiger partial charge in [0.1, 0.15) is 5.82 Å². The number of nitrogens with zero attached hydrogens (tertiary/aromatic N) is 5. The Morgan fingerprint density at radius 3 is 2.96 bits per heavy atom. The molecule has 140 valence electrons. The highest BCUT2D eigenvalue weighted by atomic mass is 16.5. The molecule has 1 fully saturated rings. The van der Waals surface area contributed by atoms with Crippen LogP contribution in [0.3, 0.4) is 0 Å². The monoisotopic (exact) mass is 358 g/mol. The molecule has 8 nitrogen and oxygen atoms in total. The first-order valence-corrected chi connectivity index (χ1v) is 9.31. The summed E-state index contributed by atoms with van der Waals surface area (Å²) in [5.41, 5.74) is 4.18. The number of fused-ring (bicyclic) bond motifs is 1. The molecule has 2 aromatic rings. The quantitative estimate of drug-likeness (QED) is 0.833. The Morgan fingerprint density at radius 2 is 2.27 bits per heavy atom. The van der Waals surface area contributed by atoms with Gasteiger partial charge in [-0.2, -0.15) is 10.1 Å². The van der Waals surface area contributed by atoms with Crippen molar-refractivity contribution < 1.29 is 9.84 Å². The molecule has 4 rings (SSSR count). The molecule has 2 aromatic heterocycles. The van der Waals surface area contributed by atoms with Crippen LogP contribution in [-0.4, -0.2) is 51.7 Å². The summed E-state index contributed by atoms with van der Waals surface area (Å²) >= 11 is 0. The van der Waals surface area contributed by atoms with Crippen molar-refractivity contribution in [3.05, 3.63) is 28.7 Å². The largest absolute Gasteiger partial charge is 0.390 e. The number of ether oxygens (including phenoxy) is 1. The van der Waals surface area contributed by atoms with Gasteiger partial charge in [-0.1, -0.05) is 0 Å². The van der Waals surface area contributed by atoms with Gasteiger partial charge in [0.05, 0.1) is 24.6 Å². The third kappa shape index (κ3) is 3.03. The van der Waals surface area contributed by atoms with Gasteiger partial charge in [-0.3, -0.25) is 4.68 Å². The Bertz CT molecular complexity index is 784. The molecule has 0 aliphatic carbocycles. The zero-order valence-electron chi connectivity index (χ0n) is 15.4. The van der Waals surface area contributed by atoms with E-state index in [1.165, 1.54) is 5.69 Å². The Kier molecular flexibility index (Phi) is 4.78. The normalized spacial score (nSPS) is 19.7. The van der Waals surface area contributed by atoms with E-state index < -0.39 is 0 Å². The lowest BCUT2D eigenvalue weighted by Gasteiger charge is -2.29. The van der Waals surface area contributed by atoms with Gasteiger partial charge in [0.25, 0.3) is 0 Å². The second-order valence-electron chi connectivity index (χ2n) is 6.80. The molecule has 2 aliphatic heterocycles. The number of nitrogens with one attached hydrogen (secondary N) is 1. The van der Waals surface area contributed by atoms with E-state index in [0.29, 0.717) is 18.4 Å². The van der Waals surface area contributed by atoms with Gasteiger partial charge in [0.15, 0.2) is 0 Å². The molecule has 0 radical (unpaired) electrons. The zero-order chi connectivity index (χ0) is 18.1. The third-order valence-corrected chi connectivity index (χ3v) is 5.29. The molecule has 8 heteroatoms. The van der Waals surface area contributed by atoms with E-state index in [-0.39, 0.29) is 6.61 Å². The van der Waals surface area contributed by atoms with E-state index in [4.69, 9.17) is 4.74 Å². The van der Waals surface area contributed by atoms with Crippen LogP contribution in [0.2, 0.25) is 0 Å². The van der Waals surface area contributed by atoms with Gasteiger partial charge >= 0.3 is 0 Å². The maximum Gasteiger partial charge on any atom is 0.224 e. The number of aliphatic hydroxyl groups excluding tert-OH is 1. The number of aliphatic hydroxyl groups is 1. The molecule has 2 N–H and O–H groups in total. The first kappa shape index (κ1) is 17.2. The van der Waals surface area contributed by atoms with Crippen LogP contribution in [-0.2, 0) is 30.9 Å². The molecule has 2 aliphatic rings. The zero-order valence-corrected chi connectivity index (χ0v) is 15.4. The van der Waals surface area contributed by atoms with Crippen molar-refractivity contribution in [1.82, 2.24) is 19.7 Å². The highest BCUT2D eigenvalue weighted by Gasteiger charge is 2.27. The first-order valence-electron chi connectivity index (χ1n) is 9.31.